The number of aliphatic hydroxyl groups is 1. The Hall–Kier alpha value is -0.0400. The van der Waals surface area contributed by atoms with Crippen molar-refractivity contribution in [3.05, 3.63) is 0 Å². The second-order valence-electron chi connectivity index (χ2n) is 3.72. The Morgan fingerprint density at radius 2 is 1.07 bits per heavy atom. The Kier molecular flexibility index (Phi) is 18.1. The van der Waals surface area contributed by atoms with E-state index in [4.69, 9.17) is 5.11 Å². The number of hydrogen-bond acceptors (Lipinski definition) is 1. The summed E-state index contributed by atoms with van der Waals surface area (Å²) in [5.41, 5.74) is 0.222. The summed E-state index contributed by atoms with van der Waals surface area (Å²) in [6, 6.07) is 0. The van der Waals surface area contributed by atoms with Crippen LogP contribution in [0.5, 0.6) is 0 Å². The molecule has 0 aromatic carbocycles. The van der Waals surface area contributed by atoms with Crippen molar-refractivity contribution >= 4 is 0 Å². The maximum Gasteiger partial charge on any atom is 0.0487 e. The molecule has 0 heterocycles. The van der Waals surface area contributed by atoms with Crippen molar-refractivity contribution < 1.29 is 5.11 Å². The Morgan fingerprint density at radius 1 is 0.786 bits per heavy atom. The lowest BCUT2D eigenvalue weighted by molar-refractivity contribution is 0.111. The molecule has 0 atom stereocenters. The van der Waals surface area contributed by atoms with Gasteiger partial charge in [0.1, 0.15) is 0 Å². The molecule has 1 nitrogen and oxygen atoms in total. The first kappa shape index (κ1) is 19.5. The van der Waals surface area contributed by atoms with Gasteiger partial charge in [-0.1, -0.05) is 54.9 Å². The van der Waals surface area contributed by atoms with E-state index in [1.165, 1.54) is 12.8 Å². The normalized spacial score (nSPS) is 9.86. The molecule has 0 amide bonds. The van der Waals surface area contributed by atoms with Gasteiger partial charge in [0.05, 0.1) is 0 Å². The first-order chi connectivity index (χ1) is 6.16. The van der Waals surface area contributed by atoms with Crippen molar-refractivity contribution in [1.29, 1.82) is 0 Å². The van der Waals surface area contributed by atoms with Crippen molar-refractivity contribution in [1.82, 2.24) is 0 Å². The third-order valence-electron chi connectivity index (χ3n) is 3.09. The largest absolute Gasteiger partial charge is 0.396 e. The molecule has 0 aromatic heterocycles. The number of rotatable bonds is 5. The topological polar surface area (TPSA) is 20.2 Å². The zero-order valence-corrected chi connectivity index (χ0v) is 10.2. The van der Waals surface area contributed by atoms with Crippen molar-refractivity contribution in [2.45, 2.75) is 74.1 Å². The van der Waals surface area contributed by atoms with Crippen LogP contribution in [-0.4, -0.2) is 11.7 Å². The molecule has 14 heavy (non-hydrogen) atoms. The molecule has 0 saturated carbocycles. The van der Waals surface area contributed by atoms with E-state index in [1.54, 1.807) is 0 Å². The summed E-state index contributed by atoms with van der Waals surface area (Å²) in [6.07, 6.45) is 5.92. The second-order valence-corrected chi connectivity index (χ2v) is 3.72. The molecule has 0 unspecified atom stereocenters. The zero-order chi connectivity index (χ0) is 10.7. The molecule has 0 aliphatic rings. The third kappa shape index (κ3) is 8.55. The average molecular weight is 204 g/mol. The van der Waals surface area contributed by atoms with Crippen LogP contribution < -0.4 is 0 Å². The van der Waals surface area contributed by atoms with Crippen LogP contribution in [0.15, 0.2) is 0 Å². The summed E-state index contributed by atoms with van der Waals surface area (Å²) in [6.45, 7) is 11.1. The standard InChI is InChI=1S/C8H18O.C4H10.CH4/c1-4-8(5-2,6-3)7-9;1-3-4-2;/h9H,4-7H2,1-3H3;3-4H2,1-2H3;1H4. The van der Waals surface area contributed by atoms with Gasteiger partial charge in [0, 0.05) is 6.61 Å². The number of aliphatic hydroxyl groups excluding tert-OH is 1. The van der Waals surface area contributed by atoms with Crippen molar-refractivity contribution in [2.24, 2.45) is 5.41 Å². The highest BCUT2D eigenvalue weighted by Crippen LogP contribution is 2.28. The van der Waals surface area contributed by atoms with E-state index in [2.05, 4.69) is 34.6 Å². The van der Waals surface area contributed by atoms with Crippen LogP contribution in [0.2, 0.25) is 0 Å². The molecule has 0 aliphatic carbocycles. The van der Waals surface area contributed by atoms with Gasteiger partial charge in [-0.25, -0.2) is 0 Å². The Bertz CT molecular complexity index is 65.7. The zero-order valence-electron chi connectivity index (χ0n) is 10.2. The minimum Gasteiger partial charge on any atom is -0.396 e. The maximum absolute atomic E-state index is 8.98. The van der Waals surface area contributed by atoms with Gasteiger partial charge in [-0.2, -0.15) is 0 Å². The number of hydrogen-bond donors (Lipinski definition) is 1. The summed E-state index contributed by atoms with van der Waals surface area (Å²) in [4.78, 5) is 0. The van der Waals surface area contributed by atoms with Crippen molar-refractivity contribution in [3.8, 4) is 0 Å². The van der Waals surface area contributed by atoms with E-state index < -0.39 is 0 Å². The molecule has 0 rings (SSSR count). The summed E-state index contributed by atoms with van der Waals surface area (Å²) < 4.78 is 0. The van der Waals surface area contributed by atoms with Gasteiger partial charge in [0.2, 0.25) is 0 Å². The van der Waals surface area contributed by atoms with Gasteiger partial charge < -0.3 is 5.11 Å². The van der Waals surface area contributed by atoms with Crippen LogP contribution in [0.3, 0.4) is 0 Å². The Balaban J connectivity index is -0.000000209. The van der Waals surface area contributed by atoms with Gasteiger partial charge >= 0.3 is 0 Å². The average Bonchev–Trinajstić information content (AvgIpc) is 2.23. The van der Waals surface area contributed by atoms with Gasteiger partial charge in [0.25, 0.3) is 0 Å². The molecule has 1 N–H and O–H groups in total. The molecule has 90 valence electrons. The second kappa shape index (κ2) is 13.0. The molecule has 0 saturated heterocycles. The van der Waals surface area contributed by atoms with E-state index in [0.717, 1.165) is 19.3 Å². The van der Waals surface area contributed by atoms with Crippen LogP contribution in [0.25, 0.3) is 0 Å². The highest BCUT2D eigenvalue weighted by molar-refractivity contribution is 4.72. The summed E-state index contributed by atoms with van der Waals surface area (Å²) in [5, 5.41) is 8.98. The quantitative estimate of drug-likeness (QED) is 0.692. The molecule has 0 bridgehead atoms. The fourth-order valence-corrected chi connectivity index (χ4v) is 1.09. The van der Waals surface area contributed by atoms with Gasteiger partial charge in [0.15, 0.2) is 0 Å². The van der Waals surface area contributed by atoms with Gasteiger partial charge in [-0.15, -0.1) is 0 Å². The molecule has 0 radical (unpaired) electrons. The van der Waals surface area contributed by atoms with E-state index in [-0.39, 0.29) is 12.8 Å². The van der Waals surface area contributed by atoms with E-state index in [9.17, 15) is 0 Å². The molecule has 0 spiro atoms. The predicted octanol–water partition coefficient (Wildman–Crippen LogP) is 4.64. The molecule has 1 heteroatoms. The van der Waals surface area contributed by atoms with Crippen LogP contribution >= 0.6 is 0 Å². The highest BCUT2D eigenvalue weighted by Gasteiger charge is 2.21. The fraction of sp³-hybridized carbons (Fsp3) is 1.00. The molecule has 0 fully saturated rings. The lowest BCUT2D eigenvalue weighted by Crippen LogP contribution is -2.22. The van der Waals surface area contributed by atoms with E-state index in [1.807, 2.05) is 0 Å². The Morgan fingerprint density at radius 3 is 1.07 bits per heavy atom. The van der Waals surface area contributed by atoms with Crippen LogP contribution in [0, 0.1) is 5.41 Å². The number of unbranched alkanes of at least 4 members (excludes halogenated alkanes) is 1. The van der Waals surface area contributed by atoms with Crippen LogP contribution in [0.1, 0.15) is 74.1 Å². The van der Waals surface area contributed by atoms with E-state index >= 15 is 0 Å². The first-order valence-corrected chi connectivity index (χ1v) is 5.77. The lowest BCUT2D eigenvalue weighted by Gasteiger charge is -2.27. The van der Waals surface area contributed by atoms with Crippen molar-refractivity contribution in [2.75, 3.05) is 6.61 Å². The fourth-order valence-electron chi connectivity index (χ4n) is 1.09. The van der Waals surface area contributed by atoms with Gasteiger partial charge in [-0.05, 0) is 24.7 Å². The van der Waals surface area contributed by atoms with E-state index in [0.29, 0.717) is 6.61 Å². The lowest BCUT2D eigenvalue weighted by atomic mass is 9.81. The SMILES string of the molecule is C.CCC(CC)(CC)CO.CCCC. The van der Waals surface area contributed by atoms with Gasteiger partial charge in [-0.3, -0.25) is 0 Å². The highest BCUT2D eigenvalue weighted by atomic mass is 16.3. The smallest absolute Gasteiger partial charge is 0.0487 e. The summed E-state index contributed by atoms with van der Waals surface area (Å²) in [5.74, 6) is 0. The van der Waals surface area contributed by atoms with Crippen LogP contribution in [-0.2, 0) is 0 Å². The summed E-state index contributed by atoms with van der Waals surface area (Å²) in [7, 11) is 0. The first-order valence-electron chi connectivity index (χ1n) is 5.77. The third-order valence-corrected chi connectivity index (χ3v) is 3.09. The predicted molar refractivity (Wildman–Crippen MR) is 67.7 cm³/mol. The molecule has 0 aromatic rings. The van der Waals surface area contributed by atoms with Crippen molar-refractivity contribution in [3.63, 3.8) is 0 Å². The monoisotopic (exact) mass is 204 g/mol. The minimum absolute atomic E-state index is 0. The summed E-state index contributed by atoms with van der Waals surface area (Å²) >= 11 is 0. The molecular weight excluding hydrogens is 172 g/mol. The minimum atomic E-state index is 0. The molecular formula is C13H32O. The molecule has 0 aliphatic heterocycles. The van der Waals surface area contributed by atoms with Crippen LogP contribution in [0.4, 0.5) is 0 Å². The Labute approximate surface area is 91.9 Å². The maximum atomic E-state index is 8.98.